The Bertz CT molecular complexity index is 1290. The molecule has 4 aromatic rings. The van der Waals surface area contributed by atoms with E-state index < -0.39 is 10.0 Å². The van der Waals surface area contributed by atoms with Crippen LogP contribution in [0.25, 0.3) is 21.8 Å². The van der Waals surface area contributed by atoms with Crippen molar-refractivity contribution in [3.05, 3.63) is 66.5 Å². The van der Waals surface area contributed by atoms with Gasteiger partial charge in [0, 0.05) is 47.3 Å². The highest BCUT2D eigenvalue weighted by Crippen LogP contribution is 2.31. The van der Waals surface area contributed by atoms with E-state index in [9.17, 15) is 8.42 Å². The van der Waals surface area contributed by atoms with Crippen LogP contribution in [0.5, 0.6) is 0 Å². The Morgan fingerprint density at radius 2 is 1.83 bits per heavy atom. The molecule has 2 aromatic heterocycles. The average molecular weight is 425 g/mol. The van der Waals surface area contributed by atoms with E-state index in [1.807, 2.05) is 38.4 Å². The molecule has 6 nitrogen and oxygen atoms in total. The number of aromatic amines is 1. The lowest BCUT2D eigenvalue weighted by atomic mass is 10.1. The molecule has 1 unspecified atom stereocenters. The van der Waals surface area contributed by atoms with E-state index in [0.29, 0.717) is 11.6 Å². The van der Waals surface area contributed by atoms with Gasteiger partial charge in [0.2, 0.25) is 10.0 Å². The molecule has 0 aliphatic heterocycles. The summed E-state index contributed by atoms with van der Waals surface area (Å²) in [6.07, 6.45) is 3.91. The summed E-state index contributed by atoms with van der Waals surface area (Å²) in [7, 11) is 0.286. The molecule has 0 spiro atoms. The van der Waals surface area contributed by atoms with Crippen LogP contribution in [0.15, 0.2) is 65.8 Å². The van der Waals surface area contributed by atoms with E-state index in [4.69, 9.17) is 0 Å². The number of rotatable bonds is 7. The monoisotopic (exact) mass is 424 g/mol. The number of nitrogens with zero attached hydrogens (tertiary/aromatic N) is 2. The lowest BCUT2D eigenvalue weighted by Gasteiger charge is -2.24. The van der Waals surface area contributed by atoms with Gasteiger partial charge in [0.1, 0.15) is 4.90 Å². The fourth-order valence-electron chi connectivity index (χ4n) is 4.04. The number of aromatic nitrogens is 2. The molecule has 0 saturated heterocycles. The van der Waals surface area contributed by atoms with Crippen molar-refractivity contribution in [2.45, 2.75) is 30.8 Å². The molecule has 2 heterocycles. The highest BCUT2D eigenvalue weighted by molar-refractivity contribution is 7.89. The number of H-pyrrole nitrogens is 1. The number of nitrogens with one attached hydrogen (secondary N) is 2. The van der Waals surface area contributed by atoms with Gasteiger partial charge in [-0.1, -0.05) is 30.3 Å². The first-order chi connectivity index (χ1) is 14.3. The SMILES string of the molecule is CC(C)n1cc(C(CNS(=O)(=O)c2cccc3cc[nH]c23)N(C)C)c2ccccc21. The van der Waals surface area contributed by atoms with E-state index >= 15 is 0 Å². The van der Waals surface area contributed by atoms with Gasteiger partial charge in [-0.25, -0.2) is 13.1 Å². The lowest BCUT2D eigenvalue weighted by molar-refractivity contribution is 0.300. The van der Waals surface area contributed by atoms with Crippen molar-refractivity contribution in [3.8, 4) is 0 Å². The number of benzene rings is 2. The van der Waals surface area contributed by atoms with E-state index in [2.05, 4.69) is 51.4 Å². The second-order valence-electron chi connectivity index (χ2n) is 8.13. The Morgan fingerprint density at radius 1 is 1.07 bits per heavy atom. The van der Waals surface area contributed by atoms with Gasteiger partial charge in [-0.15, -0.1) is 0 Å². The van der Waals surface area contributed by atoms with Crippen LogP contribution in [0.4, 0.5) is 0 Å². The molecule has 1 atom stereocenters. The van der Waals surface area contributed by atoms with Crippen LogP contribution in [0.2, 0.25) is 0 Å². The first kappa shape index (κ1) is 20.7. The summed E-state index contributed by atoms with van der Waals surface area (Å²) < 4.78 is 31.3. The lowest BCUT2D eigenvalue weighted by Crippen LogP contribution is -2.34. The quantitative estimate of drug-likeness (QED) is 0.465. The second-order valence-corrected chi connectivity index (χ2v) is 9.87. The predicted octanol–water partition coefficient (Wildman–Crippen LogP) is 4.28. The highest BCUT2D eigenvalue weighted by Gasteiger charge is 2.24. The number of likely N-dealkylation sites (N-methyl/N-ethyl adjacent to an activating group) is 1. The Hall–Kier alpha value is -2.61. The first-order valence-corrected chi connectivity index (χ1v) is 11.6. The van der Waals surface area contributed by atoms with E-state index in [1.54, 1.807) is 18.3 Å². The zero-order valence-electron chi connectivity index (χ0n) is 17.8. The van der Waals surface area contributed by atoms with Gasteiger partial charge < -0.3 is 14.5 Å². The maximum atomic E-state index is 13.1. The molecule has 158 valence electrons. The molecule has 0 saturated carbocycles. The van der Waals surface area contributed by atoms with Gasteiger partial charge in [0.05, 0.1) is 5.52 Å². The molecular formula is C23H28N4O2S. The molecule has 2 aromatic carbocycles. The summed E-state index contributed by atoms with van der Waals surface area (Å²) in [5.74, 6) is 0. The summed E-state index contributed by atoms with van der Waals surface area (Å²) in [5.41, 5.74) is 2.90. The van der Waals surface area contributed by atoms with Crippen LogP contribution in [0.1, 0.15) is 31.5 Å². The summed E-state index contributed by atoms with van der Waals surface area (Å²) in [5, 5.41) is 2.03. The van der Waals surface area contributed by atoms with Crippen molar-refractivity contribution >= 4 is 31.8 Å². The summed E-state index contributed by atoms with van der Waals surface area (Å²) in [6, 6.07) is 15.7. The number of sulfonamides is 1. The fourth-order valence-corrected chi connectivity index (χ4v) is 5.28. The van der Waals surface area contributed by atoms with Crippen LogP contribution >= 0.6 is 0 Å². The summed E-state index contributed by atoms with van der Waals surface area (Å²) in [4.78, 5) is 5.37. The smallest absolute Gasteiger partial charge is 0.242 e. The van der Waals surface area contributed by atoms with E-state index in [0.717, 1.165) is 21.9 Å². The Kier molecular flexibility index (Phi) is 5.44. The van der Waals surface area contributed by atoms with Crippen molar-refractivity contribution in [3.63, 3.8) is 0 Å². The van der Waals surface area contributed by atoms with Crippen LogP contribution in [0.3, 0.4) is 0 Å². The van der Waals surface area contributed by atoms with Crippen molar-refractivity contribution in [2.75, 3.05) is 20.6 Å². The molecule has 0 radical (unpaired) electrons. The van der Waals surface area contributed by atoms with Gasteiger partial charge in [0.15, 0.2) is 0 Å². The maximum Gasteiger partial charge on any atom is 0.242 e. The molecular weight excluding hydrogens is 396 g/mol. The molecule has 0 aliphatic rings. The third-order valence-corrected chi connectivity index (χ3v) is 7.08. The minimum Gasteiger partial charge on any atom is -0.360 e. The minimum absolute atomic E-state index is 0.104. The minimum atomic E-state index is -3.67. The van der Waals surface area contributed by atoms with Crippen LogP contribution < -0.4 is 4.72 Å². The number of para-hydroxylation sites is 2. The van der Waals surface area contributed by atoms with Crippen molar-refractivity contribution in [2.24, 2.45) is 0 Å². The number of fused-ring (bicyclic) bond motifs is 2. The van der Waals surface area contributed by atoms with Gasteiger partial charge in [-0.2, -0.15) is 0 Å². The van der Waals surface area contributed by atoms with E-state index in [-0.39, 0.29) is 17.5 Å². The summed E-state index contributed by atoms with van der Waals surface area (Å²) in [6.45, 7) is 4.58. The largest absolute Gasteiger partial charge is 0.360 e. The normalized spacial score (nSPS) is 13.7. The Balaban J connectivity index is 1.69. The van der Waals surface area contributed by atoms with Crippen molar-refractivity contribution < 1.29 is 8.42 Å². The molecule has 30 heavy (non-hydrogen) atoms. The van der Waals surface area contributed by atoms with Crippen LogP contribution in [-0.4, -0.2) is 43.5 Å². The number of hydrogen-bond acceptors (Lipinski definition) is 3. The van der Waals surface area contributed by atoms with Crippen molar-refractivity contribution in [1.82, 2.24) is 19.2 Å². The maximum absolute atomic E-state index is 13.1. The second kappa shape index (κ2) is 7.91. The summed E-state index contributed by atoms with van der Waals surface area (Å²) >= 11 is 0. The Labute approximate surface area is 177 Å². The topological polar surface area (TPSA) is 70.1 Å². The van der Waals surface area contributed by atoms with Gasteiger partial charge >= 0.3 is 0 Å². The van der Waals surface area contributed by atoms with E-state index in [1.165, 1.54) is 0 Å². The standard InChI is InChI=1S/C23H28N4O2S/c1-16(2)27-15-19(18-9-5-6-10-20(18)27)21(26(3)4)14-25-30(28,29)22-11-7-8-17-12-13-24-23(17)22/h5-13,15-16,21,24-25H,14H2,1-4H3. The highest BCUT2D eigenvalue weighted by atomic mass is 32.2. The molecule has 7 heteroatoms. The van der Waals surface area contributed by atoms with Gasteiger partial charge in [0.25, 0.3) is 0 Å². The fraction of sp³-hybridized carbons (Fsp3) is 0.304. The van der Waals surface area contributed by atoms with Gasteiger partial charge in [-0.3, -0.25) is 0 Å². The van der Waals surface area contributed by atoms with Crippen LogP contribution in [0, 0.1) is 0 Å². The third-order valence-electron chi connectivity index (χ3n) is 5.62. The predicted molar refractivity (Wildman–Crippen MR) is 122 cm³/mol. The molecule has 2 N–H and O–H groups in total. The van der Waals surface area contributed by atoms with Gasteiger partial charge in [-0.05, 0) is 51.7 Å². The molecule has 0 bridgehead atoms. The molecule has 0 fully saturated rings. The Morgan fingerprint density at radius 3 is 2.57 bits per heavy atom. The zero-order valence-corrected chi connectivity index (χ0v) is 18.6. The molecule has 4 rings (SSSR count). The zero-order chi connectivity index (χ0) is 21.5. The van der Waals surface area contributed by atoms with Crippen LogP contribution in [-0.2, 0) is 10.0 Å². The molecule has 0 aliphatic carbocycles. The average Bonchev–Trinajstić information content (AvgIpc) is 3.32. The van der Waals surface area contributed by atoms with Crippen molar-refractivity contribution in [1.29, 1.82) is 0 Å². The first-order valence-electron chi connectivity index (χ1n) is 10.1. The number of hydrogen-bond donors (Lipinski definition) is 2. The third kappa shape index (κ3) is 3.64. The molecule has 0 amide bonds.